The molecular weight excluding hydrogens is 370 g/mol. The zero-order valence-corrected chi connectivity index (χ0v) is 17.7. The number of aryl methyl sites for hydroxylation is 1. The molecule has 4 rings (SSSR count). The molecule has 0 aliphatic carbocycles. The molecule has 1 N–H and O–H groups in total. The minimum atomic E-state index is -0.403. The summed E-state index contributed by atoms with van der Waals surface area (Å²) in [5, 5.41) is 12.5. The highest BCUT2D eigenvalue weighted by molar-refractivity contribution is 6.09. The third-order valence-corrected chi connectivity index (χ3v) is 5.50. The van der Waals surface area contributed by atoms with E-state index in [1.165, 1.54) is 27.9 Å². The van der Waals surface area contributed by atoms with Crippen molar-refractivity contribution in [2.75, 3.05) is 0 Å². The van der Waals surface area contributed by atoms with Crippen molar-refractivity contribution >= 4 is 27.6 Å². The summed E-state index contributed by atoms with van der Waals surface area (Å²) in [5.74, 6) is 0.0862. The number of nitrogens with zero attached hydrogens (tertiary/aromatic N) is 1. The van der Waals surface area contributed by atoms with Crippen molar-refractivity contribution in [3.8, 4) is 5.69 Å². The Hall–Kier alpha value is -3.33. The average molecular weight is 398 g/mol. The summed E-state index contributed by atoms with van der Waals surface area (Å²) < 4.78 is 2.28. The van der Waals surface area contributed by atoms with E-state index in [-0.39, 0.29) is 11.5 Å². The topological polar surface area (TPSA) is 42.2 Å². The fourth-order valence-corrected chi connectivity index (χ4v) is 3.72. The normalized spacial score (nSPS) is 12.6. The predicted octanol–water partition coefficient (Wildman–Crippen LogP) is 6.77. The number of para-hydroxylation sites is 2. The molecule has 3 aromatic carbocycles. The van der Waals surface area contributed by atoms with Crippen LogP contribution >= 0.6 is 0 Å². The van der Waals surface area contributed by atoms with Gasteiger partial charge in [0.25, 0.3) is 0 Å². The molecule has 152 valence electrons. The van der Waals surface area contributed by atoms with Crippen LogP contribution in [-0.2, 0) is 11.2 Å². The van der Waals surface area contributed by atoms with E-state index in [0.29, 0.717) is 12.8 Å². The number of carbonyl (C=O) groups is 1. The SMILES string of the molecule is CC(C)(C)/C(O)=C/C(=O)CCc1ccc(-n2c3ccccc3c3ccccc32)cc1. The van der Waals surface area contributed by atoms with Crippen LogP contribution in [0.25, 0.3) is 27.5 Å². The van der Waals surface area contributed by atoms with Crippen LogP contribution in [0.1, 0.15) is 32.8 Å². The number of aliphatic hydroxyl groups excluding tert-OH is 1. The lowest BCUT2D eigenvalue weighted by Gasteiger charge is -2.16. The van der Waals surface area contributed by atoms with E-state index in [1.54, 1.807) is 0 Å². The van der Waals surface area contributed by atoms with Crippen molar-refractivity contribution in [2.45, 2.75) is 33.6 Å². The molecule has 0 radical (unpaired) electrons. The molecule has 0 saturated heterocycles. The zero-order valence-electron chi connectivity index (χ0n) is 17.7. The van der Waals surface area contributed by atoms with Gasteiger partial charge in [0.15, 0.2) is 5.78 Å². The van der Waals surface area contributed by atoms with Gasteiger partial charge in [-0.15, -0.1) is 0 Å². The lowest BCUT2D eigenvalue weighted by molar-refractivity contribution is -0.114. The van der Waals surface area contributed by atoms with Crippen LogP contribution in [0.3, 0.4) is 0 Å². The van der Waals surface area contributed by atoms with Crippen molar-refractivity contribution in [3.63, 3.8) is 0 Å². The first-order valence-electron chi connectivity index (χ1n) is 10.4. The second-order valence-corrected chi connectivity index (χ2v) is 8.78. The summed E-state index contributed by atoms with van der Waals surface area (Å²) in [6.45, 7) is 5.67. The predicted molar refractivity (Wildman–Crippen MR) is 124 cm³/mol. The van der Waals surface area contributed by atoms with E-state index < -0.39 is 5.41 Å². The van der Waals surface area contributed by atoms with Crippen molar-refractivity contribution in [1.29, 1.82) is 0 Å². The van der Waals surface area contributed by atoms with Gasteiger partial charge in [-0.25, -0.2) is 0 Å². The molecule has 0 saturated carbocycles. The third-order valence-electron chi connectivity index (χ3n) is 5.50. The molecule has 0 aliphatic heterocycles. The van der Waals surface area contributed by atoms with Crippen molar-refractivity contribution in [2.24, 2.45) is 5.41 Å². The van der Waals surface area contributed by atoms with Gasteiger partial charge < -0.3 is 9.67 Å². The summed E-state index contributed by atoms with van der Waals surface area (Å²) in [6.07, 6.45) is 2.40. The monoisotopic (exact) mass is 397 g/mol. The number of benzene rings is 3. The molecule has 0 bridgehead atoms. The molecule has 4 aromatic rings. The number of hydrogen-bond donors (Lipinski definition) is 1. The minimum absolute atomic E-state index is 0.0473. The van der Waals surface area contributed by atoms with Gasteiger partial charge >= 0.3 is 0 Å². The highest BCUT2D eigenvalue weighted by atomic mass is 16.3. The number of fused-ring (bicyclic) bond motifs is 3. The smallest absolute Gasteiger partial charge is 0.159 e. The Balaban J connectivity index is 1.58. The Morgan fingerprint density at radius 3 is 1.93 bits per heavy atom. The van der Waals surface area contributed by atoms with Crippen molar-refractivity contribution < 1.29 is 9.90 Å². The van der Waals surface area contributed by atoms with E-state index >= 15 is 0 Å². The highest BCUT2D eigenvalue weighted by Crippen LogP contribution is 2.31. The summed E-state index contributed by atoms with van der Waals surface area (Å²) in [4.78, 5) is 12.2. The maximum Gasteiger partial charge on any atom is 0.159 e. The molecule has 3 nitrogen and oxygen atoms in total. The number of aliphatic hydroxyl groups is 1. The quantitative estimate of drug-likeness (QED) is 0.298. The van der Waals surface area contributed by atoms with Crippen LogP contribution < -0.4 is 0 Å². The molecule has 0 aliphatic rings. The maximum atomic E-state index is 12.2. The van der Waals surface area contributed by atoms with Crippen LogP contribution in [0, 0.1) is 5.41 Å². The van der Waals surface area contributed by atoms with Gasteiger partial charge in [0.05, 0.1) is 11.0 Å². The molecule has 1 heterocycles. The van der Waals surface area contributed by atoms with Gasteiger partial charge in [-0.3, -0.25) is 4.79 Å². The van der Waals surface area contributed by atoms with Gasteiger partial charge in [0.1, 0.15) is 5.76 Å². The Labute approximate surface area is 177 Å². The van der Waals surface area contributed by atoms with Gasteiger partial charge in [-0.1, -0.05) is 69.3 Å². The van der Waals surface area contributed by atoms with Gasteiger partial charge in [-0.2, -0.15) is 0 Å². The third kappa shape index (κ3) is 3.88. The molecular formula is C27H27NO2. The minimum Gasteiger partial charge on any atom is -0.512 e. The van der Waals surface area contributed by atoms with Crippen molar-refractivity contribution in [3.05, 3.63) is 90.2 Å². The Morgan fingerprint density at radius 2 is 1.40 bits per heavy atom. The van der Waals surface area contributed by atoms with E-state index in [4.69, 9.17) is 0 Å². The second-order valence-electron chi connectivity index (χ2n) is 8.78. The molecule has 1 aromatic heterocycles. The van der Waals surface area contributed by atoms with E-state index in [0.717, 1.165) is 11.3 Å². The first kappa shape index (κ1) is 20.0. The lowest BCUT2D eigenvalue weighted by atomic mass is 9.92. The van der Waals surface area contributed by atoms with Crippen LogP contribution in [0.15, 0.2) is 84.6 Å². The summed E-state index contributed by atoms with van der Waals surface area (Å²) in [6, 6.07) is 25.3. The van der Waals surface area contributed by atoms with Gasteiger partial charge in [-0.05, 0) is 36.2 Å². The zero-order chi connectivity index (χ0) is 21.3. The molecule has 30 heavy (non-hydrogen) atoms. The Bertz CT molecular complexity index is 1180. The average Bonchev–Trinajstić information content (AvgIpc) is 3.06. The van der Waals surface area contributed by atoms with Gasteiger partial charge in [0.2, 0.25) is 0 Å². The maximum absolute atomic E-state index is 12.2. The number of hydrogen-bond acceptors (Lipinski definition) is 2. The second kappa shape index (κ2) is 7.83. The van der Waals surface area contributed by atoms with Crippen LogP contribution in [0.4, 0.5) is 0 Å². The molecule has 3 heteroatoms. The molecule has 0 atom stereocenters. The fourth-order valence-electron chi connectivity index (χ4n) is 3.72. The summed E-state index contributed by atoms with van der Waals surface area (Å²) in [5.41, 5.74) is 4.18. The molecule has 0 fully saturated rings. The van der Waals surface area contributed by atoms with Gasteiger partial charge in [0, 0.05) is 34.4 Å². The molecule has 0 amide bonds. The number of carbonyl (C=O) groups excluding carboxylic acids is 1. The summed E-state index contributed by atoms with van der Waals surface area (Å²) >= 11 is 0. The number of allylic oxidation sites excluding steroid dienone is 2. The highest BCUT2D eigenvalue weighted by Gasteiger charge is 2.17. The largest absolute Gasteiger partial charge is 0.512 e. The van der Waals surface area contributed by atoms with E-state index in [2.05, 4.69) is 77.4 Å². The molecule has 0 unspecified atom stereocenters. The van der Waals surface area contributed by atoms with Crippen molar-refractivity contribution in [1.82, 2.24) is 4.57 Å². The van der Waals surface area contributed by atoms with Crippen LogP contribution in [0.2, 0.25) is 0 Å². The first-order valence-corrected chi connectivity index (χ1v) is 10.4. The fraction of sp³-hybridized carbons (Fsp3) is 0.222. The standard InChI is InChI=1S/C27H27NO2/c1-27(2,3)26(30)18-21(29)17-14-19-12-15-20(16-13-19)28-24-10-6-4-8-22(24)23-9-5-7-11-25(23)28/h4-13,15-16,18,30H,14,17H2,1-3H3/b26-18-. The number of ketones is 1. The van der Waals surface area contributed by atoms with E-state index in [1.807, 2.05) is 20.8 Å². The summed E-state index contributed by atoms with van der Waals surface area (Å²) in [7, 11) is 0. The number of aromatic nitrogens is 1. The van der Waals surface area contributed by atoms with Crippen LogP contribution in [0.5, 0.6) is 0 Å². The Morgan fingerprint density at radius 1 is 0.867 bits per heavy atom. The lowest BCUT2D eigenvalue weighted by Crippen LogP contribution is -2.11. The van der Waals surface area contributed by atoms with Crippen LogP contribution in [-0.4, -0.2) is 15.5 Å². The first-order chi connectivity index (χ1) is 14.3. The number of rotatable bonds is 5. The van der Waals surface area contributed by atoms with E-state index in [9.17, 15) is 9.90 Å². The molecule has 0 spiro atoms. The Kier molecular flexibility index (Phi) is 5.21.